The molecule has 0 saturated carbocycles. The SMILES string of the molecule is CCOc1ccc2nc(NC(=O)C(C)Sc3ccc(NC(=O)/C(=C/c4c(Cl)cccc4Cl)NC(=O)c4ccccc4)cc3)sc2c1. The summed E-state index contributed by atoms with van der Waals surface area (Å²) in [7, 11) is 0. The second-order valence-electron chi connectivity index (χ2n) is 9.82. The fourth-order valence-electron chi connectivity index (χ4n) is 4.23. The quantitative estimate of drug-likeness (QED) is 0.0947. The smallest absolute Gasteiger partial charge is 0.272 e. The molecule has 0 aliphatic rings. The number of rotatable bonds is 11. The van der Waals surface area contributed by atoms with Crippen LogP contribution in [0.2, 0.25) is 10.0 Å². The van der Waals surface area contributed by atoms with Gasteiger partial charge in [0, 0.05) is 31.8 Å². The molecule has 8 nitrogen and oxygen atoms in total. The summed E-state index contributed by atoms with van der Waals surface area (Å²) in [6.45, 7) is 4.30. The summed E-state index contributed by atoms with van der Waals surface area (Å²) in [5.74, 6) is -0.467. The molecule has 3 N–H and O–H groups in total. The molecule has 1 aromatic heterocycles. The number of fused-ring (bicyclic) bond motifs is 1. The number of carbonyl (C=O) groups is 3. The number of thioether (sulfide) groups is 1. The molecule has 5 aromatic rings. The zero-order valence-electron chi connectivity index (χ0n) is 24.7. The lowest BCUT2D eigenvalue weighted by Crippen LogP contribution is -2.30. The lowest BCUT2D eigenvalue weighted by molar-refractivity contribution is -0.115. The topological polar surface area (TPSA) is 109 Å². The van der Waals surface area contributed by atoms with Gasteiger partial charge in [-0.15, -0.1) is 11.8 Å². The van der Waals surface area contributed by atoms with Crippen molar-refractivity contribution in [3.05, 3.63) is 118 Å². The predicted molar refractivity (Wildman–Crippen MR) is 188 cm³/mol. The van der Waals surface area contributed by atoms with Crippen molar-refractivity contribution in [2.75, 3.05) is 17.2 Å². The van der Waals surface area contributed by atoms with Gasteiger partial charge in [0.25, 0.3) is 11.8 Å². The van der Waals surface area contributed by atoms with Crippen molar-refractivity contribution in [1.29, 1.82) is 0 Å². The highest BCUT2D eigenvalue weighted by molar-refractivity contribution is 8.00. The van der Waals surface area contributed by atoms with E-state index in [9.17, 15) is 14.4 Å². The van der Waals surface area contributed by atoms with Gasteiger partial charge in [0.2, 0.25) is 5.91 Å². The molecule has 0 spiro atoms. The molecule has 1 unspecified atom stereocenters. The van der Waals surface area contributed by atoms with Gasteiger partial charge >= 0.3 is 0 Å². The molecular weight excluding hydrogens is 663 g/mol. The van der Waals surface area contributed by atoms with Crippen LogP contribution in [0.4, 0.5) is 10.8 Å². The molecule has 5 rings (SSSR count). The molecule has 0 fully saturated rings. The summed E-state index contributed by atoms with van der Waals surface area (Å²) in [4.78, 5) is 44.6. The van der Waals surface area contributed by atoms with Crippen LogP contribution in [0.1, 0.15) is 29.8 Å². The number of nitrogens with one attached hydrogen (secondary N) is 3. The van der Waals surface area contributed by atoms with Gasteiger partial charge < -0.3 is 20.7 Å². The van der Waals surface area contributed by atoms with E-state index in [1.807, 2.05) is 32.0 Å². The maximum Gasteiger partial charge on any atom is 0.272 e. The number of aromatic nitrogens is 1. The van der Waals surface area contributed by atoms with Crippen LogP contribution in [-0.2, 0) is 9.59 Å². The van der Waals surface area contributed by atoms with Crippen LogP contribution in [0.25, 0.3) is 16.3 Å². The van der Waals surface area contributed by atoms with E-state index in [0.717, 1.165) is 20.9 Å². The fourth-order valence-corrected chi connectivity index (χ4v) is 6.50. The molecular formula is C34H28Cl2N4O4S2. The molecule has 1 heterocycles. The largest absolute Gasteiger partial charge is 0.494 e. The van der Waals surface area contributed by atoms with Crippen LogP contribution in [0.5, 0.6) is 5.75 Å². The fraction of sp³-hybridized carbons (Fsp3) is 0.118. The lowest BCUT2D eigenvalue weighted by Gasteiger charge is -2.13. The minimum Gasteiger partial charge on any atom is -0.494 e. The van der Waals surface area contributed by atoms with Crippen molar-refractivity contribution in [2.45, 2.75) is 24.0 Å². The first-order chi connectivity index (χ1) is 22.2. The number of benzene rings is 4. The van der Waals surface area contributed by atoms with Crippen LogP contribution in [0, 0.1) is 0 Å². The Balaban J connectivity index is 1.24. The van der Waals surface area contributed by atoms with Gasteiger partial charge in [0.1, 0.15) is 11.4 Å². The van der Waals surface area contributed by atoms with Crippen LogP contribution >= 0.6 is 46.3 Å². The molecule has 0 aliphatic heterocycles. The Morgan fingerprint density at radius 1 is 0.935 bits per heavy atom. The van der Waals surface area contributed by atoms with Crippen LogP contribution in [0.15, 0.2) is 102 Å². The monoisotopic (exact) mass is 690 g/mol. The normalized spacial score (nSPS) is 12.0. The summed E-state index contributed by atoms with van der Waals surface area (Å²) < 4.78 is 6.47. The van der Waals surface area contributed by atoms with E-state index >= 15 is 0 Å². The number of ether oxygens (including phenoxy) is 1. The molecule has 1 atom stereocenters. The Hall–Kier alpha value is -4.35. The third-order valence-electron chi connectivity index (χ3n) is 6.51. The van der Waals surface area contributed by atoms with Crippen LogP contribution in [-0.4, -0.2) is 34.6 Å². The molecule has 234 valence electrons. The number of amides is 3. The van der Waals surface area contributed by atoms with Gasteiger partial charge in [-0.3, -0.25) is 14.4 Å². The Morgan fingerprint density at radius 3 is 2.35 bits per heavy atom. The maximum absolute atomic E-state index is 13.4. The number of anilines is 2. The van der Waals surface area contributed by atoms with Crippen molar-refractivity contribution in [3.63, 3.8) is 0 Å². The minimum atomic E-state index is -0.572. The standard InChI is InChI=1S/C34H28Cl2N4O4S2/c1-3-44-23-14-17-28-30(18-23)46-34(39-28)40-31(41)20(2)45-24-15-12-22(13-16-24)37-33(43)29(19-25-26(35)10-7-11-27(25)36)38-32(42)21-8-5-4-6-9-21/h4-20H,3H2,1-2H3,(H,37,43)(H,38,42)(H,39,40,41)/b29-19-. The van der Waals surface area contributed by atoms with E-state index in [4.69, 9.17) is 27.9 Å². The van der Waals surface area contributed by atoms with E-state index in [-0.39, 0.29) is 11.6 Å². The van der Waals surface area contributed by atoms with Crippen molar-refractivity contribution < 1.29 is 19.1 Å². The number of hydrogen-bond acceptors (Lipinski definition) is 7. The van der Waals surface area contributed by atoms with Crippen molar-refractivity contribution in [2.24, 2.45) is 0 Å². The first-order valence-electron chi connectivity index (χ1n) is 14.1. The molecule has 12 heteroatoms. The van der Waals surface area contributed by atoms with Gasteiger partial charge in [-0.05, 0) is 86.7 Å². The third-order valence-corrected chi connectivity index (χ3v) is 9.22. The molecule has 0 radical (unpaired) electrons. The van der Waals surface area contributed by atoms with E-state index in [1.54, 1.807) is 72.8 Å². The zero-order chi connectivity index (χ0) is 32.6. The highest BCUT2D eigenvalue weighted by Gasteiger charge is 2.19. The van der Waals surface area contributed by atoms with Gasteiger partial charge in [0.05, 0.1) is 22.1 Å². The Kier molecular flexibility index (Phi) is 11.0. The second kappa shape index (κ2) is 15.3. The predicted octanol–water partition coefficient (Wildman–Crippen LogP) is 8.53. The third kappa shape index (κ3) is 8.46. The van der Waals surface area contributed by atoms with Gasteiger partial charge in [-0.2, -0.15) is 0 Å². The van der Waals surface area contributed by atoms with E-state index in [1.165, 1.54) is 29.2 Å². The average Bonchev–Trinajstić information content (AvgIpc) is 3.45. The van der Waals surface area contributed by atoms with Crippen molar-refractivity contribution >= 4 is 91.1 Å². The van der Waals surface area contributed by atoms with Crippen molar-refractivity contribution in [1.82, 2.24) is 10.3 Å². The Labute approximate surface area is 284 Å². The molecule has 46 heavy (non-hydrogen) atoms. The first-order valence-corrected chi connectivity index (χ1v) is 16.6. The van der Waals surface area contributed by atoms with Gasteiger partial charge in [-0.25, -0.2) is 4.98 Å². The number of carbonyl (C=O) groups excluding carboxylic acids is 3. The van der Waals surface area contributed by atoms with E-state index in [2.05, 4.69) is 20.9 Å². The van der Waals surface area contributed by atoms with Gasteiger partial charge in [-0.1, -0.05) is 58.8 Å². The molecule has 4 aromatic carbocycles. The second-order valence-corrected chi connectivity index (χ2v) is 13.1. The summed E-state index contributed by atoms with van der Waals surface area (Å²) in [6, 6.07) is 26.2. The molecule has 3 amide bonds. The molecule has 0 aliphatic carbocycles. The number of halogens is 2. The maximum atomic E-state index is 13.4. The Bertz CT molecular complexity index is 1890. The number of nitrogens with zero attached hydrogens (tertiary/aromatic N) is 1. The van der Waals surface area contributed by atoms with Crippen LogP contribution < -0.4 is 20.7 Å². The average molecular weight is 692 g/mol. The summed E-state index contributed by atoms with van der Waals surface area (Å²) in [5, 5.41) is 9.12. The first kappa shape index (κ1) is 33.0. The molecule has 0 bridgehead atoms. The number of hydrogen-bond donors (Lipinski definition) is 3. The zero-order valence-corrected chi connectivity index (χ0v) is 27.8. The summed E-state index contributed by atoms with van der Waals surface area (Å²) in [5.41, 5.74) is 2.00. The number of thiazole rings is 1. The Morgan fingerprint density at radius 2 is 1.65 bits per heavy atom. The summed E-state index contributed by atoms with van der Waals surface area (Å²) in [6.07, 6.45) is 1.44. The molecule has 0 saturated heterocycles. The lowest BCUT2D eigenvalue weighted by atomic mass is 10.1. The van der Waals surface area contributed by atoms with Crippen molar-refractivity contribution in [3.8, 4) is 5.75 Å². The highest BCUT2D eigenvalue weighted by atomic mass is 35.5. The highest BCUT2D eigenvalue weighted by Crippen LogP contribution is 2.31. The minimum absolute atomic E-state index is 0.0449. The van der Waals surface area contributed by atoms with E-state index < -0.39 is 17.1 Å². The van der Waals surface area contributed by atoms with Gasteiger partial charge in [0.15, 0.2) is 5.13 Å². The summed E-state index contributed by atoms with van der Waals surface area (Å²) >= 11 is 15.4. The van der Waals surface area contributed by atoms with Crippen LogP contribution in [0.3, 0.4) is 0 Å². The van der Waals surface area contributed by atoms with E-state index in [0.29, 0.717) is 38.6 Å².